The summed E-state index contributed by atoms with van der Waals surface area (Å²) in [6, 6.07) is 7.12. The van der Waals surface area contributed by atoms with Crippen LogP contribution in [0.3, 0.4) is 0 Å². The fourth-order valence-electron chi connectivity index (χ4n) is 2.92. The molecule has 0 unspecified atom stereocenters. The number of hydrogen-bond acceptors (Lipinski definition) is 6. The molecule has 1 aliphatic heterocycles. The third kappa shape index (κ3) is 3.87. The maximum atomic E-state index is 10.7. The molecular weight excluding hydrogens is 296 g/mol. The Balaban J connectivity index is 1.67. The molecule has 23 heavy (non-hydrogen) atoms. The average Bonchev–Trinajstić information content (AvgIpc) is 3.11. The number of likely N-dealkylation sites (tertiary alicyclic amines) is 1. The summed E-state index contributed by atoms with van der Waals surface area (Å²) in [4.78, 5) is 16.7. The number of furan rings is 1. The Hall–Kier alpha value is -2.41. The summed E-state index contributed by atoms with van der Waals surface area (Å²) in [6.07, 6.45) is 6.64. The standard InChI is InChI=1S/C16H20N4O3/c21-20(22)13-6-7-16(17-11-13)18-12-14(15-5-4-10-23-15)19-8-2-1-3-9-19/h4-7,10-11,14H,1-3,8-9,12H2,(H,17,18)/t14-/m1/s1. The highest BCUT2D eigenvalue weighted by Crippen LogP contribution is 2.25. The molecule has 1 fully saturated rings. The Kier molecular flexibility index (Phi) is 4.87. The Labute approximate surface area is 134 Å². The van der Waals surface area contributed by atoms with Gasteiger partial charge in [-0.05, 0) is 44.1 Å². The Bertz CT molecular complexity index is 621. The summed E-state index contributed by atoms with van der Waals surface area (Å²) in [5.74, 6) is 1.56. The van der Waals surface area contributed by atoms with Crippen LogP contribution in [0.25, 0.3) is 0 Å². The van der Waals surface area contributed by atoms with Crippen LogP contribution in [0, 0.1) is 10.1 Å². The minimum absolute atomic E-state index is 0.00540. The zero-order valence-corrected chi connectivity index (χ0v) is 12.9. The summed E-state index contributed by atoms with van der Waals surface area (Å²) in [7, 11) is 0. The predicted octanol–water partition coefficient (Wildman–Crippen LogP) is 3.22. The maximum Gasteiger partial charge on any atom is 0.287 e. The van der Waals surface area contributed by atoms with Crippen LogP contribution in [0.15, 0.2) is 41.1 Å². The summed E-state index contributed by atoms with van der Waals surface area (Å²) in [6.45, 7) is 2.76. The van der Waals surface area contributed by atoms with Crippen LogP contribution in [0.5, 0.6) is 0 Å². The lowest BCUT2D eigenvalue weighted by molar-refractivity contribution is -0.385. The van der Waals surface area contributed by atoms with Crippen molar-refractivity contribution in [2.75, 3.05) is 25.0 Å². The van der Waals surface area contributed by atoms with Crippen molar-refractivity contribution in [1.82, 2.24) is 9.88 Å². The lowest BCUT2D eigenvalue weighted by atomic mass is 10.1. The van der Waals surface area contributed by atoms with Crippen molar-refractivity contribution in [3.05, 3.63) is 52.6 Å². The molecule has 0 aromatic carbocycles. The second kappa shape index (κ2) is 7.23. The van der Waals surface area contributed by atoms with Gasteiger partial charge in [-0.3, -0.25) is 15.0 Å². The van der Waals surface area contributed by atoms with E-state index in [1.807, 2.05) is 12.1 Å². The number of nitro groups is 1. The van der Waals surface area contributed by atoms with Crippen molar-refractivity contribution >= 4 is 11.5 Å². The smallest absolute Gasteiger partial charge is 0.287 e. The molecule has 0 aliphatic carbocycles. The summed E-state index contributed by atoms with van der Waals surface area (Å²) < 4.78 is 5.60. The molecule has 1 saturated heterocycles. The van der Waals surface area contributed by atoms with Gasteiger partial charge in [0, 0.05) is 12.6 Å². The molecule has 7 nitrogen and oxygen atoms in total. The van der Waals surface area contributed by atoms with Gasteiger partial charge in [0.25, 0.3) is 5.69 Å². The van der Waals surface area contributed by atoms with E-state index in [-0.39, 0.29) is 11.7 Å². The summed E-state index contributed by atoms with van der Waals surface area (Å²) in [5, 5.41) is 13.9. The van der Waals surface area contributed by atoms with Gasteiger partial charge in [0.2, 0.25) is 0 Å². The van der Waals surface area contributed by atoms with E-state index in [1.54, 1.807) is 12.3 Å². The zero-order valence-electron chi connectivity index (χ0n) is 12.9. The lowest BCUT2D eigenvalue weighted by Crippen LogP contribution is -2.37. The van der Waals surface area contributed by atoms with Gasteiger partial charge >= 0.3 is 0 Å². The van der Waals surface area contributed by atoms with Crippen molar-refractivity contribution < 1.29 is 9.34 Å². The second-order valence-corrected chi connectivity index (χ2v) is 5.67. The first-order chi connectivity index (χ1) is 11.2. The molecule has 3 heterocycles. The van der Waals surface area contributed by atoms with Crippen LogP contribution < -0.4 is 5.32 Å². The van der Waals surface area contributed by atoms with E-state index in [0.29, 0.717) is 12.4 Å². The SMILES string of the molecule is O=[N+]([O-])c1ccc(NC[C@H](c2ccco2)N2CCCCC2)nc1. The number of hydrogen-bond donors (Lipinski definition) is 1. The number of anilines is 1. The molecule has 1 aliphatic rings. The number of pyridine rings is 1. The lowest BCUT2D eigenvalue weighted by Gasteiger charge is -2.33. The van der Waals surface area contributed by atoms with Crippen molar-refractivity contribution in [3.8, 4) is 0 Å². The van der Waals surface area contributed by atoms with Crippen LogP contribution in [0.1, 0.15) is 31.1 Å². The third-order valence-corrected chi connectivity index (χ3v) is 4.14. The van der Waals surface area contributed by atoms with Crippen LogP contribution >= 0.6 is 0 Å². The highest BCUT2D eigenvalue weighted by atomic mass is 16.6. The predicted molar refractivity (Wildman–Crippen MR) is 86.3 cm³/mol. The first kappa shape index (κ1) is 15.5. The number of nitrogens with one attached hydrogen (secondary N) is 1. The molecule has 0 spiro atoms. The zero-order chi connectivity index (χ0) is 16.1. The van der Waals surface area contributed by atoms with Gasteiger partial charge in [0.15, 0.2) is 0 Å². The molecule has 1 N–H and O–H groups in total. The molecule has 7 heteroatoms. The molecule has 0 radical (unpaired) electrons. The van der Waals surface area contributed by atoms with Gasteiger partial charge in [-0.2, -0.15) is 0 Å². The van der Waals surface area contributed by atoms with E-state index in [9.17, 15) is 10.1 Å². The van der Waals surface area contributed by atoms with Crippen LogP contribution in [0.4, 0.5) is 11.5 Å². The summed E-state index contributed by atoms with van der Waals surface area (Å²) in [5.41, 5.74) is -0.00540. The van der Waals surface area contributed by atoms with E-state index in [4.69, 9.17) is 4.42 Å². The monoisotopic (exact) mass is 316 g/mol. The number of rotatable bonds is 6. The Morgan fingerprint density at radius 3 is 2.74 bits per heavy atom. The number of nitrogens with zero attached hydrogens (tertiary/aromatic N) is 3. The van der Waals surface area contributed by atoms with Crippen LogP contribution in [-0.2, 0) is 0 Å². The highest BCUT2D eigenvalue weighted by molar-refractivity contribution is 5.40. The Morgan fingerprint density at radius 1 is 1.30 bits per heavy atom. The van der Waals surface area contributed by atoms with Crippen LogP contribution in [-0.4, -0.2) is 34.4 Å². The molecule has 0 saturated carbocycles. The number of piperidine rings is 1. The molecule has 2 aromatic rings. The van der Waals surface area contributed by atoms with Gasteiger partial charge in [0.05, 0.1) is 17.2 Å². The topological polar surface area (TPSA) is 84.4 Å². The quantitative estimate of drug-likeness (QED) is 0.650. The molecule has 2 aromatic heterocycles. The van der Waals surface area contributed by atoms with Crippen molar-refractivity contribution in [2.24, 2.45) is 0 Å². The molecular formula is C16H20N4O3. The van der Waals surface area contributed by atoms with E-state index < -0.39 is 4.92 Å². The fourth-order valence-corrected chi connectivity index (χ4v) is 2.92. The molecule has 122 valence electrons. The first-order valence-electron chi connectivity index (χ1n) is 7.86. The van der Waals surface area contributed by atoms with Gasteiger partial charge < -0.3 is 9.73 Å². The number of aromatic nitrogens is 1. The maximum absolute atomic E-state index is 10.7. The molecule has 0 bridgehead atoms. The van der Waals surface area contributed by atoms with Crippen molar-refractivity contribution in [2.45, 2.75) is 25.3 Å². The molecule has 3 rings (SSSR count). The Morgan fingerprint density at radius 2 is 2.13 bits per heavy atom. The van der Waals surface area contributed by atoms with Crippen molar-refractivity contribution in [3.63, 3.8) is 0 Å². The van der Waals surface area contributed by atoms with Gasteiger partial charge in [-0.15, -0.1) is 0 Å². The molecule has 1 atom stereocenters. The fraction of sp³-hybridized carbons (Fsp3) is 0.438. The van der Waals surface area contributed by atoms with E-state index in [2.05, 4.69) is 15.2 Å². The van der Waals surface area contributed by atoms with Crippen molar-refractivity contribution in [1.29, 1.82) is 0 Å². The first-order valence-corrected chi connectivity index (χ1v) is 7.86. The van der Waals surface area contributed by atoms with E-state index >= 15 is 0 Å². The highest BCUT2D eigenvalue weighted by Gasteiger charge is 2.24. The normalized spacial score (nSPS) is 16.9. The minimum Gasteiger partial charge on any atom is -0.468 e. The third-order valence-electron chi connectivity index (χ3n) is 4.14. The average molecular weight is 316 g/mol. The molecule has 0 amide bonds. The minimum atomic E-state index is -0.448. The summed E-state index contributed by atoms with van der Waals surface area (Å²) >= 11 is 0. The van der Waals surface area contributed by atoms with Gasteiger partial charge in [-0.25, -0.2) is 4.98 Å². The van der Waals surface area contributed by atoms with E-state index in [0.717, 1.165) is 18.8 Å². The van der Waals surface area contributed by atoms with Gasteiger partial charge in [-0.1, -0.05) is 6.42 Å². The largest absolute Gasteiger partial charge is 0.468 e. The second-order valence-electron chi connectivity index (χ2n) is 5.67. The van der Waals surface area contributed by atoms with E-state index in [1.165, 1.54) is 31.5 Å². The van der Waals surface area contributed by atoms with Gasteiger partial charge in [0.1, 0.15) is 17.8 Å². The van der Waals surface area contributed by atoms with Crippen LogP contribution in [0.2, 0.25) is 0 Å².